The Bertz CT molecular complexity index is 968. The summed E-state index contributed by atoms with van der Waals surface area (Å²) in [5.74, 6) is 1.32. The van der Waals surface area contributed by atoms with Gasteiger partial charge in [0.25, 0.3) is 15.9 Å². The first-order valence-electron chi connectivity index (χ1n) is 7.35. The van der Waals surface area contributed by atoms with Crippen molar-refractivity contribution < 1.29 is 17.3 Å². The van der Waals surface area contributed by atoms with Crippen molar-refractivity contribution in [3.63, 3.8) is 0 Å². The maximum atomic E-state index is 12.3. The van der Waals surface area contributed by atoms with Gasteiger partial charge in [-0.1, -0.05) is 0 Å². The number of aromatic nitrogens is 3. The molecule has 1 aliphatic carbocycles. The highest BCUT2D eigenvalue weighted by molar-refractivity contribution is 7.89. The van der Waals surface area contributed by atoms with Crippen LogP contribution in [0.2, 0.25) is 0 Å². The number of nitrogens with one attached hydrogen (secondary N) is 1. The quantitative estimate of drug-likeness (QED) is 0.713. The molecule has 0 amide bonds. The molecule has 1 N–H and O–H groups in total. The molecule has 0 radical (unpaired) electrons. The van der Waals surface area contributed by atoms with E-state index in [2.05, 4.69) is 19.9 Å². The van der Waals surface area contributed by atoms with E-state index in [0.29, 0.717) is 17.5 Å². The number of aryl methyl sites for hydroxylation is 1. The molecule has 3 aromatic rings. The van der Waals surface area contributed by atoms with Crippen LogP contribution >= 0.6 is 11.3 Å². The van der Waals surface area contributed by atoms with Crippen LogP contribution in [-0.4, -0.2) is 23.6 Å². The van der Waals surface area contributed by atoms with Gasteiger partial charge in [-0.2, -0.15) is 0 Å². The van der Waals surface area contributed by atoms with E-state index in [1.165, 1.54) is 23.5 Å². The first kappa shape index (κ1) is 15.5. The van der Waals surface area contributed by atoms with Gasteiger partial charge < -0.3 is 8.83 Å². The molecule has 0 aliphatic heterocycles. The van der Waals surface area contributed by atoms with Crippen molar-refractivity contribution >= 4 is 21.4 Å². The molecule has 10 heteroatoms. The van der Waals surface area contributed by atoms with Crippen LogP contribution in [0.4, 0.5) is 0 Å². The molecule has 126 valence electrons. The van der Waals surface area contributed by atoms with Gasteiger partial charge >= 0.3 is 0 Å². The number of thiazole rings is 1. The Morgan fingerprint density at radius 3 is 2.83 bits per heavy atom. The van der Waals surface area contributed by atoms with Gasteiger partial charge in [-0.3, -0.25) is 0 Å². The monoisotopic (exact) mass is 366 g/mol. The van der Waals surface area contributed by atoms with Gasteiger partial charge in [0.1, 0.15) is 0 Å². The van der Waals surface area contributed by atoms with E-state index in [0.717, 1.165) is 17.8 Å². The number of furan rings is 1. The van der Waals surface area contributed by atoms with E-state index in [4.69, 9.17) is 8.83 Å². The summed E-state index contributed by atoms with van der Waals surface area (Å²) in [6.07, 6.45) is 2.08. The predicted molar refractivity (Wildman–Crippen MR) is 84.9 cm³/mol. The first-order chi connectivity index (χ1) is 11.5. The summed E-state index contributed by atoms with van der Waals surface area (Å²) in [4.78, 5) is 4.21. The van der Waals surface area contributed by atoms with Crippen LogP contribution in [-0.2, 0) is 16.6 Å². The van der Waals surface area contributed by atoms with Gasteiger partial charge in [-0.05, 0) is 31.9 Å². The number of hydrogen-bond donors (Lipinski definition) is 1. The zero-order chi connectivity index (χ0) is 16.7. The highest BCUT2D eigenvalue weighted by Crippen LogP contribution is 2.40. The molecular weight excluding hydrogens is 352 g/mol. The molecular formula is C14H14N4O4S2. The van der Waals surface area contributed by atoms with E-state index in [9.17, 15) is 8.42 Å². The molecule has 4 rings (SSSR count). The van der Waals surface area contributed by atoms with Crippen LogP contribution in [0.3, 0.4) is 0 Å². The maximum Gasteiger partial charge on any atom is 0.283 e. The highest BCUT2D eigenvalue weighted by atomic mass is 32.2. The average Bonchev–Trinajstić information content (AvgIpc) is 2.97. The molecule has 0 unspecified atom stereocenters. The molecule has 1 aliphatic rings. The second-order valence-electron chi connectivity index (χ2n) is 5.52. The number of rotatable bonds is 6. The Labute approximate surface area is 142 Å². The molecule has 0 bridgehead atoms. The lowest BCUT2D eigenvalue weighted by Gasteiger charge is -2.01. The molecule has 3 heterocycles. The number of nitrogens with zero attached hydrogens (tertiary/aromatic N) is 3. The fourth-order valence-electron chi connectivity index (χ4n) is 2.14. The normalized spacial score (nSPS) is 15.0. The number of sulfonamides is 1. The van der Waals surface area contributed by atoms with Gasteiger partial charge in [0, 0.05) is 11.3 Å². The van der Waals surface area contributed by atoms with Gasteiger partial charge in [-0.25, -0.2) is 18.1 Å². The fourth-order valence-corrected chi connectivity index (χ4v) is 3.68. The Kier molecular flexibility index (Phi) is 3.74. The van der Waals surface area contributed by atoms with Crippen LogP contribution in [0.1, 0.15) is 35.4 Å². The fraction of sp³-hybridized carbons (Fsp3) is 0.357. The van der Waals surface area contributed by atoms with Crippen molar-refractivity contribution in [3.05, 3.63) is 34.1 Å². The van der Waals surface area contributed by atoms with Crippen molar-refractivity contribution in [2.75, 3.05) is 0 Å². The topological polar surface area (TPSA) is 111 Å². The lowest BCUT2D eigenvalue weighted by atomic mass is 10.4. The molecule has 3 aromatic heterocycles. The summed E-state index contributed by atoms with van der Waals surface area (Å²) in [5.41, 5.74) is 0.666. The van der Waals surface area contributed by atoms with Crippen LogP contribution in [0.5, 0.6) is 0 Å². The summed E-state index contributed by atoms with van der Waals surface area (Å²) < 4.78 is 37.9. The molecule has 0 spiro atoms. The first-order valence-corrected chi connectivity index (χ1v) is 9.72. The second-order valence-corrected chi connectivity index (χ2v) is 8.28. The molecule has 1 saturated carbocycles. The molecule has 24 heavy (non-hydrogen) atoms. The minimum absolute atomic E-state index is 0.106. The van der Waals surface area contributed by atoms with Crippen molar-refractivity contribution in [2.45, 2.75) is 37.3 Å². The van der Waals surface area contributed by atoms with Crippen LogP contribution in [0.25, 0.3) is 11.7 Å². The summed E-state index contributed by atoms with van der Waals surface area (Å²) >= 11 is 1.46. The Hall–Kier alpha value is -2.04. The average molecular weight is 366 g/mol. The molecule has 0 saturated heterocycles. The van der Waals surface area contributed by atoms with Gasteiger partial charge in [0.05, 0.1) is 17.2 Å². The lowest BCUT2D eigenvalue weighted by molar-refractivity contribution is 0.431. The molecule has 0 aromatic carbocycles. The third-order valence-corrected chi connectivity index (χ3v) is 5.63. The molecule has 1 fully saturated rings. The number of hydrogen-bond acceptors (Lipinski definition) is 8. The zero-order valence-corrected chi connectivity index (χ0v) is 14.4. The summed E-state index contributed by atoms with van der Waals surface area (Å²) in [6.45, 7) is 1.97. The zero-order valence-electron chi connectivity index (χ0n) is 12.7. The van der Waals surface area contributed by atoms with Crippen molar-refractivity contribution in [1.29, 1.82) is 0 Å². The van der Waals surface area contributed by atoms with Crippen molar-refractivity contribution in [1.82, 2.24) is 19.9 Å². The SMILES string of the molecule is Cc1nc(CNS(=O)(=O)c2ccc(-c3nnc(C4CC4)o3)o2)cs1. The Balaban J connectivity index is 1.49. The van der Waals surface area contributed by atoms with E-state index in [1.807, 2.05) is 12.3 Å². The predicted octanol–water partition coefficient (Wildman–Crippen LogP) is 2.45. The largest absolute Gasteiger partial charge is 0.438 e. The van der Waals surface area contributed by atoms with Crippen LogP contribution in [0.15, 0.2) is 31.4 Å². The summed E-state index contributed by atoms with van der Waals surface area (Å²) in [7, 11) is -3.78. The van der Waals surface area contributed by atoms with Crippen LogP contribution < -0.4 is 4.72 Å². The Morgan fingerprint density at radius 2 is 2.12 bits per heavy atom. The lowest BCUT2D eigenvalue weighted by Crippen LogP contribution is -2.22. The smallest absolute Gasteiger partial charge is 0.283 e. The van der Waals surface area contributed by atoms with Crippen molar-refractivity contribution in [3.8, 4) is 11.7 Å². The van der Waals surface area contributed by atoms with E-state index < -0.39 is 10.0 Å². The van der Waals surface area contributed by atoms with E-state index >= 15 is 0 Å². The second kappa shape index (κ2) is 5.80. The third-order valence-electron chi connectivity index (χ3n) is 3.53. The van der Waals surface area contributed by atoms with Crippen molar-refractivity contribution in [2.24, 2.45) is 0 Å². The summed E-state index contributed by atoms with van der Waals surface area (Å²) in [6, 6.07) is 2.87. The molecule has 0 atom stereocenters. The highest BCUT2D eigenvalue weighted by Gasteiger charge is 2.30. The van der Waals surface area contributed by atoms with Gasteiger partial charge in [0.15, 0.2) is 5.76 Å². The standard InChI is InChI=1S/C14H14N4O4S2/c1-8-16-10(7-23-8)6-15-24(19,20)12-5-4-11(21-12)14-18-17-13(22-14)9-2-3-9/h4-5,7,9,15H,2-3,6H2,1H3. The van der Waals surface area contributed by atoms with E-state index in [1.54, 1.807) is 0 Å². The minimum atomic E-state index is -3.78. The third kappa shape index (κ3) is 3.12. The molecule has 8 nitrogen and oxygen atoms in total. The van der Waals surface area contributed by atoms with E-state index in [-0.39, 0.29) is 23.3 Å². The van der Waals surface area contributed by atoms with Gasteiger partial charge in [0.2, 0.25) is 11.0 Å². The van der Waals surface area contributed by atoms with Crippen LogP contribution in [0, 0.1) is 6.92 Å². The van der Waals surface area contributed by atoms with Gasteiger partial charge in [-0.15, -0.1) is 21.5 Å². The minimum Gasteiger partial charge on any atom is -0.438 e. The Morgan fingerprint density at radius 1 is 1.29 bits per heavy atom. The maximum absolute atomic E-state index is 12.3. The summed E-state index contributed by atoms with van der Waals surface area (Å²) in [5, 5.41) is 10.4.